The summed E-state index contributed by atoms with van der Waals surface area (Å²) < 4.78 is 16.2. The third-order valence-electron chi connectivity index (χ3n) is 21.8. The molecule has 13 amide bonds. The van der Waals surface area contributed by atoms with Gasteiger partial charge in [-0.25, -0.2) is 19.3 Å². The van der Waals surface area contributed by atoms with Gasteiger partial charge in [0.25, 0.3) is 17.7 Å². The van der Waals surface area contributed by atoms with Crippen LogP contribution in [0.1, 0.15) is 157 Å². The lowest BCUT2D eigenvalue weighted by atomic mass is 9.89. The number of aliphatic hydroxyl groups excluding tert-OH is 3. The van der Waals surface area contributed by atoms with Crippen LogP contribution in [-0.2, 0) is 67.1 Å². The van der Waals surface area contributed by atoms with Gasteiger partial charge >= 0.3 is 17.9 Å². The number of carbonyl (C=O) groups excluding carboxylic acids is 14. The van der Waals surface area contributed by atoms with Crippen molar-refractivity contribution in [2.45, 2.75) is 215 Å². The number of halogens is 1. The Morgan fingerprint density at radius 1 is 0.597 bits per heavy atom. The molecule has 3 aliphatic rings. The number of anilines is 2. The van der Waals surface area contributed by atoms with E-state index < -0.39 is 193 Å². The summed E-state index contributed by atoms with van der Waals surface area (Å²) in [5, 5.41) is 102. The van der Waals surface area contributed by atoms with Gasteiger partial charge in [-0.2, -0.15) is 0 Å². The topological polar surface area (TPSA) is 785 Å². The van der Waals surface area contributed by atoms with E-state index in [-0.39, 0.29) is 139 Å². The second-order valence-electron chi connectivity index (χ2n) is 32.9. The van der Waals surface area contributed by atoms with Gasteiger partial charge in [-0.15, -0.1) is 0 Å². The molecule has 2 aliphatic heterocycles. The number of hydrogen-bond donors (Lipinski definition) is 25. The van der Waals surface area contributed by atoms with Crippen molar-refractivity contribution in [1.29, 1.82) is 0 Å². The van der Waals surface area contributed by atoms with Crippen LogP contribution in [0, 0.1) is 3.57 Å². The summed E-state index contributed by atoms with van der Waals surface area (Å²) in [5.74, 6) is -14.6. The first-order valence-electron chi connectivity index (χ1n) is 43.5. The molecule has 0 spiro atoms. The number of aromatic carboxylic acids is 1. The van der Waals surface area contributed by atoms with E-state index in [0.717, 1.165) is 18.0 Å². The summed E-state index contributed by atoms with van der Waals surface area (Å²) in [6.45, 7) is 3.81. The SMILES string of the molecule is CC(O)[C@H](NC(=O)[C@H](CCC(N)=O)NC(=O)[C@H](CCCNC(N)=[NH2+])NC(=O)[C@H](CCCCNC(=O)C[C@@H](NC(=O)CCCCCNC(=O)[C@H]1O[C@@H](n2cc(I)c3c(N)ncnc32)[C@H](O)[C@@H]1O)C(=O)[O-])NC(=O)[C@H](CCCNC(N)=[NH2+])NC(=O)[C@H](C)[NH3+])C(=O)N[C@@H](C)C(=O)N[C@H](CCCCNC(=O)c1ccc(-c2c3ccc(=[N+](C)C)cc-3oc3cc(N(C)C)ccc23)c(C(=O)O)c1)C(N)=O. The van der Waals surface area contributed by atoms with Gasteiger partial charge in [-0.3, -0.25) is 95.2 Å². The maximum atomic E-state index is 14.8. The highest BCUT2D eigenvalue weighted by Crippen LogP contribution is 2.43. The molecule has 2 aromatic carbocycles. The van der Waals surface area contributed by atoms with E-state index in [1.54, 1.807) is 12.3 Å². The first kappa shape index (κ1) is 108. The van der Waals surface area contributed by atoms with Gasteiger partial charge in [0.2, 0.25) is 64.4 Å². The van der Waals surface area contributed by atoms with E-state index in [4.69, 9.17) is 48.6 Å². The molecule has 0 radical (unpaired) electrons. The Morgan fingerprint density at radius 2 is 1.15 bits per heavy atom. The molecule has 134 heavy (non-hydrogen) atoms. The van der Waals surface area contributed by atoms with E-state index >= 15 is 0 Å². The molecule has 34 N–H and O–H groups in total. The predicted molar refractivity (Wildman–Crippen MR) is 491 cm³/mol. The van der Waals surface area contributed by atoms with Crippen molar-refractivity contribution in [2.75, 3.05) is 71.5 Å². The summed E-state index contributed by atoms with van der Waals surface area (Å²) in [6, 6.07) is 1.78. The number of nitrogens with zero attached hydrogens (tertiary/aromatic N) is 5. The number of unbranched alkanes of at least 4 members (excludes halogenated alkanes) is 4. The van der Waals surface area contributed by atoms with Gasteiger partial charge in [0, 0.05) is 96.2 Å². The summed E-state index contributed by atoms with van der Waals surface area (Å²) in [7, 11) is 7.51. The minimum absolute atomic E-state index is 0.00359. The zero-order valence-electron chi connectivity index (χ0n) is 75.5. The zero-order chi connectivity index (χ0) is 99.1. The molecule has 0 saturated carbocycles. The lowest BCUT2D eigenvalue weighted by Gasteiger charge is -2.28. The molecule has 7 rings (SSSR count). The fourth-order valence-electron chi connectivity index (χ4n) is 14.4. The molecule has 730 valence electrons. The molecule has 1 fully saturated rings. The zero-order valence-corrected chi connectivity index (χ0v) is 77.6. The number of carboxylic acid groups (broad SMARTS) is 2. The molecule has 49 heteroatoms. The highest BCUT2D eigenvalue weighted by Gasteiger charge is 2.48. The lowest BCUT2D eigenvalue weighted by molar-refractivity contribution is -0.398. The molecule has 1 aliphatic carbocycles. The molecule has 4 aromatic rings. The highest BCUT2D eigenvalue weighted by molar-refractivity contribution is 14.1. The van der Waals surface area contributed by atoms with Crippen LogP contribution in [-0.4, -0.2) is 275 Å². The van der Waals surface area contributed by atoms with Crippen molar-refractivity contribution < 1.29 is 123 Å². The van der Waals surface area contributed by atoms with Crippen LogP contribution >= 0.6 is 22.6 Å². The quantitative estimate of drug-likeness (QED) is 0.00421. The van der Waals surface area contributed by atoms with Gasteiger partial charge in [-0.1, -0.05) is 12.5 Å². The lowest BCUT2D eigenvalue weighted by Crippen LogP contribution is -2.67. The third-order valence-corrected chi connectivity index (χ3v) is 22.7. The Morgan fingerprint density at radius 3 is 1.72 bits per heavy atom. The minimum Gasteiger partial charge on any atom is -0.548 e. The van der Waals surface area contributed by atoms with Crippen molar-refractivity contribution in [2.24, 2.45) is 22.9 Å². The predicted octanol–water partition coefficient (Wildman–Crippen LogP) is -10.2. The van der Waals surface area contributed by atoms with Crippen molar-refractivity contribution in [3.8, 4) is 22.5 Å². The van der Waals surface area contributed by atoms with Crippen LogP contribution in [0.5, 0.6) is 0 Å². The summed E-state index contributed by atoms with van der Waals surface area (Å²) in [6.07, 6.45) is -6.03. The number of nitrogens with two attached hydrogens (primary N) is 7. The fraction of sp³-hybridized carbons (Fsp3) is 0.506. The number of quaternary nitrogens is 1. The van der Waals surface area contributed by atoms with Crippen LogP contribution < -0.4 is 134 Å². The monoisotopic (exact) mass is 1990 g/mol. The summed E-state index contributed by atoms with van der Waals surface area (Å²) in [4.78, 5) is 212. The van der Waals surface area contributed by atoms with Crippen LogP contribution in [0.2, 0.25) is 0 Å². The van der Waals surface area contributed by atoms with Gasteiger partial charge in [0.05, 0.1) is 54.6 Å². The number of guanidine groups is 2. The van der Waals surface area contributed by atoms with Crippen molar-refractivity contribution in [1.82, 2.24) is 88.2 Å². The number of nitrogens with one attached hydrogen (secondary N) is 13. The number of primary amides is 2. The van der Waals surface area contributed by atoms with E-state index in [1.807, 2.05) is 96.7 Å². The number of aromatic nitrogens is 3. The normalized spacial score (nSPS) is 16.2. The number of nitrogen functional groups attached to an aromatic ring is 1. The Balaban J connectivity index is 0.943. The highest BCUT2D eigenvalue weighted by atomic mass is 127. The number of amides is 13. The molecule has 4 heterocycles. The van der Waals surface area contributed by atoms with E-state index in [1.165, 1.54) is 36.9 Å². The maximum absolute atomic E-state index is 14.8. The number of fused-ring (bicyclic) bond motifs is 3. The van der Waals surface area contributed by atoms with Crippen LogP contribution in [0.25, 0.3) is 44.5 Å². The van der Waals surface area contributed by atoms with Crippen LogP contribution in [0.15, 0.2) is 71.5 Å². The number of carbonyl (C=O) groups is 15. The van der Waals surface area contributed by atoms with Crippen molar-refractivity contribution in [3.05, 3.63) is 87.2 Å². The van der Waals surface area contributed by atoms with Crippen LogP contribution in [0.4, 0.5) is 11.5 Å². The number of benzene rings is 3. The first-order chi connectivity index (χ1) is 63.4. The second kappa shape index (κ2) is 51.5. The summed E-state index contributed by atoms with van der Waals surface area (Å²) >= 11 is 2.00. The van der Waals surface area contributed by atoms with E-state index in [2.05, 4.69) is 84.8 Å². The van der Waals surface area contributed by atoms with Crippen molar-refractivity contribution in [3.63, 3.8) is 0 Å². The number of aliphatic carboxylic acids is 1. The molecule has 0 bridgehead atoms. The molecule has 2 aromatic heterocycles. The smallest absolute Gasteiger partial charge is 0.338 e. The Labute approximate surface area is 783 Å². The minimum atomic E-state index is -1.91. The van der Waals surface area contributed by atoms with Gasteiger partial charge < -0.3 is 130 Å². The molecule has 1 saturated heterocycles. The fourth-order valence-corrected chi connectivity index (χ4v) is 15.3. The second-order valence-corrected chi connectivity index (χ2v) is 34.1. The molecule has 14 atom stereocenters. The average molecular weight is 1990 g/mol. The van der Waals surface area contributed by atoms with Gasteiger partial charge in [0.15, 0.2) is 18.4 Å². The number of rotatable bonds is 53. The Hall–Kier alpha value is -13.5. The summed E-state index contributed by atoms with van der Waals surface area (Å²) in [5.41, 5.74) is 35.2. The van der Waals surface area contributed by atoms with Crippen LogP contribution in [0.3, 0.4) is 0 Å². The number of hydrogen-bond acceptors (Lipinski definition) is 25. The van der Waals surface area contributed by atoms with Gasteiger partial charge in [0.1, 0.15) is 97.7 Å². The molecule has 48 nitrogen and oxygen atoms in total. The Kier molecular flexibility index (Phi) is 41.3. The Bertz CT molecular complexity index is 5320. The van der Waals surface area contributed by atoms with E-state index in [9.17, 15) is 97.5 Å². The van der Waals surface area contributed by atoms with Crippen molar-refractivity contribution >= 4 is 157 Å². The van der Waals surface area contributed by atoms with Gasteiger partial charge in [-0.05, 0) is 163 Å². The number of carboxylic acids is 2. The first-order valence-corrected chi connectivity index (χ1v) is 44.6. The largest absolute Gasteiger partial charge is 0.548 e. The standard InChI is InChI=1S/C85H121IN26O22/c1-41(87)72(120)105-54(19-15-33-98-84(91)92)76(124)106-53(18-11-13-30-95-62(116)38-57(83(131)132)103-61(115)21-9-8-12-31-97-80(128)68-66(117)67(118)81(134-68)112-39-51(86)64-69(89)100-40-101-71(64)112)75(123)107-55(20-16-34-99-85(93)94)77(125)108-56(28-29-60(88)114)78(126)109-65(43(3)113)79(127)102-42(2)73(121)104-52(70(90)119)17-10-14-32-96-74(122)44-22-25-47(50(35-44)82(129)130)63-48-26-23-45(110(4)5)36-58(48)133-59-37-46(111(6)7)24-27-49(59)63/h22-27,35-37,39-43,52-57,65-68,81,113,117-118H,8-21,28-34,38,87H2,1-7H3,(H26-,88,89,90,91,92,93,94,95,96,97,98,99,100,101,102,103,104,105,106,107,108,109,114,115,116,119,120,121,122,123,124,125,126,127,128,129,130,131,132)/p+3/t41-,42-,43?,52+,53-,54-,55-,56-,57+,65-,66-,67+,68-,81+/m0/s1. The number of aliphatic hydroxyl groups is 3. The third kappa shape index (κ3) is 31.6. The molecular formula is C85H124IN26O22+3. The molecular weight excluding hydrogens is 1860 g/mol. The average Bonchev–Trinajstić information content (AvgIpc) is 1.44. The van der Waals surface area contributed by atoms with E-state index in [0.29, 0.717) is 60.9 Å². The number of ether oxygens (including phenoxy) is 1. The molecule has 1 unspecified atom stereocenters. The maximum Gasteiger partial charge on any atom is 0.338 e.